The van der Waals surface area contributed by atoms with Gasteiger partial charge in [-0.1, -0.05) is 116 Å². The second-order valence-electron chi connectivity index (χ2n) is 8.29. The van der Waals surface area contributed by atoms with E-state index in [2.05, 4.69) is 31.2 Å². The van der Waals surface area contributed by atoms with E-state index in [-0.39, 0.29) is 9.92 Å². The van der Waals surface area contributed by atoms with Crippen molar-refractivity contribution in [1.29, 1.82) is 0 Å². The normalized spacial score (nSPS) is 12.3. The van der Waals surface area contributed by atoms with Crippen LogP contribution in [0.5, 0.6) is 0 Å². The highest BCUT2D eigenvalue weighted by molar-refractivity contribution is 7.90. The van der Waals surface area contributed by atoms with E-state index >= 15 is 0 Å². The third-order valence-corrected chi connectivity index (χ3v) is 7.67. The number of sulfonamides is 1. The van der Waals surface area contributed by atoms with Crippen LogP contribution in [0, 0.1) is 0 Å². The summed E-state index contributed by atoms with van der Waals surface area (Å²) in [5, 5.41) is 0.0478. The van der Waals surface area contributed by atoms with Gasteiger partial charge in [-0.25, -0.2) is 13.1 Å². The zero-order valence-corrected chi connectivity index (χ0v) is 21.8. The van der Waals surface area contributed by atoms with Crippen LogP contribution in [-0.2, 0) is 14.8 Å². The van der Waals surface area contributed by atoms with Crippen molar-refractivity contribution >= 4 is 44.8 Å². The van der Waals surface area contributed by atoms with Crippen molar-refractivity contribution in [3.8, 4) is 0 Å². The largest absolute Gasteiger partial charge is 0.269 e. The van der Waals surface area contributed by atoms with E-state index in [1.807, 2.05) is 65.4 Å². The number of nitrogens with one attached hydrogen (secondary N) is 1. The molecule has 0 fully saturated rings. The number of carbonyl (C=O) groups is 1. The minimum absolute atomic E-state index is 0.0478. The first-order valence-corrected chi connectivity index (χ1v) is 13.7. The number of allylic oxidation sites excluding steroid dienone is 1. The molecule has 0 aliphatic carbocycles. The molecule has 0 saturated heterocycles. The fraction of sp³-hybridized carbons (Fsp3) is 0.0645. The van der Waals surface area contributed by atoms with Crippen molar-refractivity contribution in [2.24, 2.45) is 0 Å². The number of rotatable bonds is 8. The minimum atomic E-state index is -4.07. The van der Waals surface area contributed by atoms with Gasteiger partial charge in [0.2, 0.25) is 0 Å². The van der Waals surface area contributed by atoms with Gasteiger partial charge in [0.05, 0.1) is 5.02 Å². The van der Waals surface area contributed by atoms with E-state index < -0.39 is 15.9 Å². The van der Waals surface area contributed by atoms with E-state index in [0.29, 0.717) is 0 Å². The van der Waals surface area contributed by atoms with Crippen molar-refractivity contribution in [1.82, 2.24) is 4.72 Å². The van der Waals surface area contributed by atoms with Crippen LogP contribution < -0.4 is 4.72 Å². The predicted molar refractivity (Wildman–Crippen MR) is 151 cm³/mol. The number of hydrogen-bond acceptors (Lipinski definition) is 3. The summed E-state index contributed by atoms with van der Waals surface area (Å²) in [6.45, 7) is 2.15. The maximum atomic E-state index is 12.5. The molecule has 0 bridgehead atoms. The van der Waals surface area contributed by atoms with E-state index in [4.69, 9.17) is 11.6 Å². The van der Waals surface area contributed by atoms with Crippen molar-refractivity contribution in [2.75, 3.05) is 0 Å². The molecule has 4 nitrogen and oxygen atoms in total. The molecular weight excluding hydrogens is 502 g/mol. The van der Waals surface area contributed by atoms with Crippen molar-refractivity contribution in [3.05, 3.63) is 143 Å². The molecule has 0 saturated carbocycles. The van der Waals surface area contributed by atoms with E-state index in [1.54, 1.807) is 18.2 Å². The number of carbonyl (C=O) groups excluding carboxylic acids is 1. The standard InChI is InChI=1S/C31H26ClNO3S/c1-2-27(24-11-5-3-6-12-24)31(25-13-7-4-8-14-25)26-20-17-23(18-21-26)19-22-30(34)33-37(35,36)29-16-10-9-15-28(29)32/h3-22H,2H2,1H3,(H,33,34)/b22-19+,31-27-. The Balaban J connectivity index is 1.60. The Morgan fingerprint density at radius 2 is 1.30 bits per heavy atom. The Hall–Kier alpha value is -3.93. The van der Waals surface area contributed by atoms with Gasteiger partial charge < -0.3 is 0 Å². The van der Waals surface area contributed by atoms with Gasteiger partial charge in [-0.2, -0.15) is 0 Å². The van der Waals surface area contributed by atoms with Crippen LogP contribution in [0.2, 0.25) is 5.02 Å². The molecule has 1 amide bonds. The fourth-order valence-electron chi connectivity index (χ4n) is 4.10. The molecule has 186 valence electrons. The van der Waals surface area contributed by atoms with Gasteiger partial charge in [-0.05, 0) is 58.0 Å². The average Bonchev–Trinajstić information content (AvgIpc) is 2.92. The summed E-state index contributed by atoms with van der Waals surface area (Å²) < 4.78 is 27.0. The summed E-state index contributed by atoms with van der Waals surface area (Å²) >= 11 is 5.97. The lowest BCUT2D eigenvalue weighted by atomic mass is 9.88. The Bertz CT molecular complexity index is 1540. The molecule has 0 radical (unpaired) electrons. The molecule has 1 N–H and O–H groups in total. The molecular formula is C31H26ClNO3S. The maximum Gasteiger partial charge on any atom is 0.265 e. The Labute approximate surface area is 223 Å². The average molecular weight is 528 g/mol. The van der Waals surface area contributed by atoms with Crippen molar-refractivity contribution in [2.45, 2.75) is 18.2 Å². The van der Waals surface area contributed by atoms with Gasteiger partial charge in [0.1, 0.15) is 4.90 Å². The first-order chi connectivity index (χ1) is 17.9. The number of hydrogen-bond donors (Lipinski definition) is 1. The quantitative estimate of drug-likeness (QED) is 0.194. The highest BCUT2D eigenvalue weighted by Crippen LogP contribution is 2.34. The maximum absolute atomic E-state index is 12.5. The lowest BCUT2D eigenvalue weighted by Gasteiger charge is -2.16. The lowest BCUT2D eigenvalue weighted by molar-refractivity contribution is -0.114. The molecule has 6 heteroatoms. The third-order valence-electron chi connectivity index (χ3n) is 5.83. The number of benzene rings is 4. The van der Waals surface area contributed by atoms with E-state index in [0.717, 1.165) is 28.7 Å². The van der Waals surface area contributed by atoms with Crippen LogP contribution in [0.3, 0.4) is 0 Å². The number of amides is 1. The molecule has 0 aliphatic rings. The molecule has 0 heterocycles. The van der Waals surface area contributed by atoms with Crippen LogP contribution in [0.1, 0.15) is 35.6 Å². The molecule has 4 aromatic carbocycles. The first-order valence-electron chi connectivity index (χ1n) is 11.8. The van der Waals surface area contributed by atoms with Crippen LogP contribution in [0.4, 0.5) is 0 Å². The fourth-order valence-corrected chi connectivity index (χ4v) is 5.57. The monoisotopic (exact) mass is 527 g/mol. The predicted octanol–water partition coefficient (Wildman–Crippen LogP) is 7.23. The molecule has 0 spiro atoms. The van der Waals surface area contributed by atoms with Crippen molar-refractivity contribution in [3.63, 3.8) is 0 Å². The van der Waals surface area contributed by atoms with E-state index in [9.17, 15) is 13.2 Å². The highest BCUT2D eigenvalue weighted by atomic mass is 35.5. The summed E-state index contributed by atoms with van der Waals surface area (Å²) in [4.78, 5) is 12.2. The second-order valence-corrected chi connectivity index (χ2v) is 10.4. The molecule has 0 aliphatic heterocycles. The molecule has 0 unspecified atom stereocenters. The molecule has 0 atom stereocenters. The lowest BCUT2D eigenvalue weighted by Crippen LogP contribution is -2.29. The van der Waals surface area contributed by atoms with Crippen LogP contribution in [0.25, 0.3) is 17.2 Å². The highest BCUT2D eigenvalue weighted by Gasteiger charge is 2.19. The van der Waals surface area contributed by atoms with Gasteiger partial charge in [0.25, 0.3) is 15.9 Å². The third kappa shape index (κ3) is 6.45. The Morgan fingerprint density at radius 3 is 1.89 bits per heavy atom. The first kappa shape index (κ1) is 26.1. The summed E-state index contributed by atoms with van der Waals surface area (Å²) in [7, 11) is -4.07. The number of halogens is 1. The minimum Gasteiger partial charge on any atom is -0.269 e. The molecule has 0 aromatic heterocycles. The SMILES string of the molecule is CC/C(=C(\c1ccccc1)c1ccc(/C=C/C(=O)NS(=O)(=O)c2ccccc2Cl)cc1)c1ccccc1. The summed E-state index contributed by atoms with van der Waals surface area (Å²) in [5.41, 5.74) is 6.49. The van der Waals surface area contributed by atoms with Gasteiger partial charge in [0, 0.05) is 6.08 Å². The van der Waals surface area contributed by atoms with Crippen molar-refractivity contribution < 1.29 is 13.2 Å². The smallest absolute Gasteiger partial charge is 0.265 e. The zero-order chi connectivity index (χ0) is 26.3. The second kappa shape index (κ2) is 11.9. The van der Waals surface area contributed by atoms with Gasteiger partial charge in [-0.3, -0.25) is 4.79 Å². The zero-order valence-electron chi connectivity index (χ0n) is 20.3. The summed E-state index contributed by atoms with van der Waals surface area (Å²) in [6, 6.07) is 34.4. The van der Waals surface area contributed by atoms with Crippen LogP contribution >= 0.6 is 11.6 Å². The summed E-state index contributed by atoms with van der Waals surface area (Å²) in [6.07, 6.45) is 3.62. The Morgan fingerprint density at radius 1 is 0.757 bits per heavy atom. The topological polar surface area (TPSA) is 63.2 Å². The molecule has 4 rings (SSSR count). The van der Waals surface area contributed by atoms with Gasteiger partial charge >= 0.3 is 0 Å². The Kier molecular flexibility index (Phi) is 8.39. The van der Waals surface area contributed by atoms with Gasteiger partial charge in [0.15, 0.2) is 0 Å². The van der Waals surface area contributed by atoms with Crippen LogP contribution in [0.15, 0.2) is 120 Å². The van der Waals surface area contributed by atoms with Crippen LogP contribution in [-0.4, -0.2) is 14.3 Å². The molecule has 37 heavy (non-hydrogen) atoms. The molecule has 4 aromatic rings. The van der Waals surface area contributed by atoms with Gasteiger partial charge in [-0.15, -0.1) is 0 Å². The van der Waals surface area contributed by atoms with E-state index in [1.165, 1.54) is 29.3 Å². The summed E-state index contributed by atoms with van der Waals surface area (Å²) in [5.74, 6) is -0.758.